The lowest BCUT2D eigenvalue weighted by atomic mass is 9.97. The van der Waals surface area contributed by atoms with Gasteiger partial charge in [0.05, 0.1) is 0 Å². The van der Waals surface area contributed by atoms with Crippen molar-refractivity contribution in [2.45, 2.75) is 78.1 Å². The fourth-order valence-corrected chi connectivity index (χ4v) is 2.29. The smallest absolute Gasteiger partial charge is 0.224 e. The highest BCUT2D eigenvalue weighted by molar-refractivity contribution is 6.63. The normalized spacial score (nSPS) is 12.7. The van der Waals surface area contributed by atoms with E-state index in [-0.39, 0.29) is 11.2 Å². The largest absolute Gasteiger partial charge is 0.281 e. The molecule has 0 aromatic heterocycles. The maximum Gasteiger partial charge on any atom is 0.224 e. The third kappa shape index (κ3) is 9.21. The van der Waals surface area contributed by atoms with Crippen LogP contribution in [0.2, 0.25) is 0 Å². The monoisotopic (exact) mass is 246 g/mol. The van der Waals surface area contributed by atoms with Gasteiger partial charge in [0, 0.05) is 5.92 Å². The molecule has 0 aromatic carbocycles. The molecule has 0 aliphatic heterocycles. The van der Waals surface area contributed by atoms with Crippen LogP contribution in [-0.2, 0) is 4.79 Å². The van der Waals surface area contributed by atoms with Gasteiger partial charge in [-0.15, -0.1) is 0 Å². The molecule has 0 amide bonds. The molecular weight excluding hydrogens is 220 g/mol. The summed E-state index contributed by atoms with van der Waals surface area (Å²) in [5.41, 5.74) is 0. The van der Waals surface area contributed by atoms with Crippen molar-refractivity contribution in [3.8, 4) is 0 Å². The summed E-state index contributed by atoms with van der Waals surface area (Å²) in [6.45, 7) is 4.35. The van der Waals surface area contributed by atoms with E-state index in [1.807, 2.05) is 0 Å². The van der Waals surface area contributed by atoms with Gasteiger partial charge in [0.25, 0.3) is 0 Å². The molecule has 1 atom stereocenters. The molecule has 0 saturated heterocycles. The van der Waals surface area contributed by atoms with Crippen molar-refractivity contribution < 1.29 is 4.79 Å². The van der Waals surface area contributed by atoms with E-state index in [0.29, 0.717) is 0 Å². The molecule has 1 unspecified atom stereocenters. The molecule has 0 bridgehead atoms. The van der Waals surface area contributed by atoms with Crippen LogP contribution in [-0.4, -0.2) is 5.24 Å². The van der Waals surface area contributed by atoms with Crippen molar-refractivity contribution in [1.82, 2.24) is 0 Å². The minimum Gasteiger partial charge on any atom is -0.281 e. The maximum atomic E-state index is 11.1. The first-order chi connectivity index (χ1) is 7.72. The van der Waals surface area contributed by atoms with E-state index in [1.165, 1.54) is 38.5 Å². The highest BCUT2D eigenvalue weighted by Gasteiger charge is 2.14. The Hall–Kier alpha value is -0.0400. The van der Waals surface area contributed by atoms with Gasteiger partial charge >= 0.3 is 0 Å². The predicted octanol–water partition coefficient (Wildman–Crippen LogP) is 5.31. The molecule has 96 valence electrons. The minimum atomic E-state index is -0.132. The third-order valence-electron chi connectivity index (χ3n) is 3.11. The van der Waals surface area contributed by atoms with Crippen LogP contribution < -0.4 is 0 Å². The lowest BCUT2D eigenvalue weighted by Gasteiger charge is -2.10. The predicted molar refractivity (Wildman–Crippen MR) is 71.9 cm³/mol. The fourth-order valence-electron chi connectivity index (χ4n) is 2.07. The first kappa shape index (κ1) is 16.0. The molecule has 0 aliphatic carbocycles. The SMILES string of the molecule is CCCCCCCCCC(CCC)C(=O)Cl. The highest BCUT2D eigenvalue weighted by Crippen LogP contribution is 2.19. The summed E-state index contributed by atoms with van der Waals surface area (Å²) in [5.74, 6) is 0.113. The summed E-state index contributed by atoms with van der Waals surface area (Å²) in [7, 11) is 0. The second kappa shape index (κ2) is 11.4. The van der Waals surface area contributed by atoms with Gasteiger partial charge in [-0.25, -0.2) is 0 Å². The number of carbonyl (C=O) groups excluding carboxylic acids is 1. The molecule has 16 heavy (non-hydrogen) atoms. The standard InChI is InChI=1S/C14H27ClO/c1-3-5-6-7-8-9-10-12-13(11-4-2)14(15)16/h13H,3-12H2,1-2H3. The van der Waals surface area contributed by atoms with Crippen molar-refractivity contribution in [2.75, 3.05) is 0 Å². The van der Waals surface area contributed by atoms with Crippen molar-refractivity contribution >= 4 is 16.8 Å². The zero-order chi connectivity index (χ0) is 12.2. The Kier molecular flexibility index (Phi) is 11.4. The van der Waals surface area contributed by atoms with Gasteiger partial charge in [0.15, 0.2) is 0 Å². The van der Waals surface area contributed by atoms with Crippen molar-refractivity contribution in [3.63, 3.8) is 0 Å². The average molecular weight is 247 g/mol. The van der Waals surface area contributed by atoms with E-state index in [1.54, 1.807) is 0 Å². The maximum absolute atomic E-state index is 11.1. The van der Waals surface area contributed by atoms with Crippen molar-refractivity contribution in [1.29, 1.82) is 0 Å². The van der Waals surface area contributed by atoms with E-state index in [4.69, 9.17) is 11.6 Å². The second-order valence-electron chi connectivity index (χ2n) is 4.70. The Morgan fingerprint density at radius 1 is 0.875 bits per heavy atom. The van der Waals surface area contributed by atoms with Crippen LogP contribution in [0.15, 0.2) is 0 Å². The third-order valence-corrected chi connectivity index (χ3v) is 3.42. The molecule has 0 heterocycles. The van der Waals surface area contributed by atoms with E-state index in [0.717, 1.165) is 25.7 Å². The zero-order valence-corrected chi connectivity index (χ0v) is 11.7. The number of unbranched alkanes of at least 4 members (excludes halogenated alkanes) is 6. The van der Waals surface area contributed by atoms with Crippen LogP contribution in [0.3, 0.4) is 0 Å². The van der Waals surface area contributed by atoms with Crippen LogP contribution in [0.1, 0.15) is 78.1 Å². The minimum absolute atomic E-state index is 0.113. The summed E-state index contributed by atoms with van der Waals surface area (Å²) in [5, 5.41) is -0.132. The second-order valence-corrected chi connectivity index (χ2v) is 5.07. The van der Waals surface area contributed by atoms with Crippen LogP contribution >= 0.6 is 11.6 Å². The molecular formula is C14H27ClO. The van der Waals surface area contributed by atoms with Gasteiger partial charge in [-0.2, -0.15) is 0 Å². The highest BCUT2D eigenvalue weighted by atomic mass is 35.5. The van der Waals surface area contributed by atoms with E-state index in [9.17, 15) is 4.79 Å². The molecule has 0 saturated carbocycles. The summed E-state index contributed by atoms with van der Waals surface area (Å²) in [4.78, 5) is 11.1. The average Bonchev–Trinajstić information content (AvgIpc) is 2.26. The summed E-state index contributed by atoms with van der Waals surface area (Å²) in [6, 6.07) is 0. The number of halogens is 1. The van der Waals surface area contributed by atoms with E-state index < -0.39 is 0 Å². The molecule has 0 radical (unpaired) electrons. The van der Waals surface area contributed by atoms with Crippen LogP contribution in [0.4, 0.5) is 0 Å². The molecule has 0 N–H and O–H groups in total. The first-order valence-electron chi connectivity index (χ1n) is 6.91. The van der Waals surface area contributed by atoms with Gasteiger partial charge in [0.2, 0.25) is 5.24 Å². The summed E-state index contributed by atoms with van der Waals surface area (Å²) < 4.78 is 0. The fraction of sp³-hybridized carbons (Fsp3) is 0.929. The molecule has 1 nitrogen and oxygen atoms in total. The van der Waals surface area contributed by atoms with Crippen LogP contribution in [0, 0.1) is 5.92 Å². The molecule has 0 fully saturated rings. The Morgan fingerprint density at radius 3 is 1.94 bits per heavy atom. The molecule has 0 aliphatic rings. The molecule has 2 heteroatoms. The van der Waals surface area contributed by atoms with E-state index >= 15 is 0 Å². The summed E-state index contributed by atoms with van der Waals surface area (Å²) >= 11 is 5.57. The van der Waals surface area contributed by atoms with Crippen LogP contribution in [0.25, 0.3) is 0 Å². The first-order valence-corrected chi connectivity index (χ1v) is 7.29. The van der Waals surface area contributed by atoms with Gasteiger partial charge in [0.1, 0.15) is 0 Å². The molecule has 0 aromatic rings. The van der Waals surface area contributed by atoms with Crippen molar-refractivity contribution in [3.05, 3.63) is 0 Å². The Labute approximate surface area is 106 Å². The lowest BCUT2D eigenvalue weighted by Crippen LogP contribution is -2.08. The summed E-state index contributed by atoms with van der Waals surface area (Å²) in [6.07, 6.45) is 12.1. The topological polar surface area (TPSA) is 17.1 Å². The van der Waals surface area contributed by atoms with Gasteiger partial charge in [-0.1, -0.05) is 65.2 Å². The van der Waals surface area contributed by atoms with Crippen LogP contribution in [0.5, 0.6) is 0 Å². The Bertz CT molecular complexity index is 168. The quantitative estimate of drug-likeness (QED) is 0.357. The number of hydrogen-bond donors (Lipinski definition) is 0. The number of carbonyl (C=O) groups is 1. The Morgan fingerprint density at radius 2 is 1.44 bits per heavy atom. The number of hydrogen-bond acceptors (Lipinski definition) is 1. The zero-order valence-electron chi connectivity index (χ0n) is 10.9. The molecule has 0 rings (SSSR count). The van der Waals surface area contributed by atoms with Gasteiger partial charge < -0.3 is 0 Å². The van der Waals surface area contributed by atoms with Gasteiger partial charge in [-0.3, -0.25) is 4.79 Å². The number of rotatable bonds is 11. The van der Waals surface area contributed by atoms with E-state index in [2.05, 4.69) is 13.8 Å². The lowest BCUT2D eigenvalue weighted by molar-refractivity contribution is -0.115. The molecule has 0 spiro atoms. The Balaban J connectivity index is 3.37. The van der Waals surface area contributed by atoms with Crippen molar-refractivity contribution in [2.24, 2.45) is 5.92 Å². The van der Waals surface area contributed by atoms with Gasteiger partial charge in [-0.05, 0) is 24.4 Å².